The lowest BCUT2D eigenvalue weighted by molar-refractivity contribution is -0.139. The van der Waals surface area contributed by atoms with E-state index in [1.165, 1.54) is 4.88 Å². The fourth-order valence-electron chi connectivity index (χ4n) is 2.67. The highest BCUT2D eigenvalue weighted by Gasteiger charge is 2.29. The fraction of sp³-hybridized carbons (Fsp3) is 0.615. The molecule has 0 radical (unpaired) electrons. The van der Waals surface area contributed by atoms with E-state index >= 15 is 0 Å². The summed E-state index contributed by atoms with van der Waals surface area (Å²) in [6, 6.07) is 4.37. The third-order valence-corrected chi connectivity index (χ3v) is 4.99. The van der Waals surface area contributed by atoms with Crippen LogP contribution in [0.25, 0.3) is 0 Å². The molecule has 1 saturated heterocycles. The Hall–Kier alpha value is -0.580. The number of aliphatic carboxylic acids is 1. The Morgan fingerprint density at radius 2 is 2.39 bits per heavy atom. The molecule has 2 unspecified atom stereocenters. The van der Waals surface area contributed by atoms with Gasteiger partial charge in [0, 0.05) is 17.0 Å². The molecular formula is C13H18ClNO2S. The average Bonchev–Trinajstić information content (AvgIpc) is 2.75. The van der Waals surface area contributed by atoms with Gasteiger partial charge in [0.05, 0.1) is 10.8 Å². The summed E-state index contributed by atoms with van der Waals surface area (Å²) in [6.07, 6.45) is 3.51. The van der Waals surface area contributed by atoms with Crippen LogP contribution in [0.3, 0.4) is 0 Å². The van der Waals surface area contributed by atoms with Crippen LogP contribution < -0.4 is 0 Å². The second-order valence-electron chi connectivity index (χ2n) is 4.80. The molecule has 1 aliphatic heterocycles. The van der Waals surface area contributed by atoms with Crippen molar-refractivity contribution in [3.05, 3.63) is 21.3 Å². The lowest BCUT2D eigenvalue weighted by atomic mass is 9.97. The van der Waals surface area contributed by atoms with Crippen molar-refractivity contribution in [2.45, 2.75) is 44.7 Å². The number of carboxylic acid groups (broad SMARTS) is 1. The number of thiophene rings is 1. The SMILES string of the molecule is CC(c1ccc(Cl)s1)N1CCCCC1CC(=O)O. The molecule has 18 heavy (non-hydrogen) atoms. The summed E-state index contributed by atoms with van der Waals surface area (Å²) in [6.45, 7) is 3.12. The second-order valence-corrected chi connectivity index (χ2v) is 6.55. The van der Waals surface area contributed by atoms with Gasteiger partial charge in [0.25, 0.3) is 0 Å². The number of piperidine rings is 1. The molecule has 0 aliphatic carbocycles. The van der Waals surface area contributed by atoms with Crippen molar-refractivity contribution < 1.29 is 9.90 Å². The predicted molar refractivity (Wildman–Crippen MR) is 74.3 cm³/mol. The van der Waals surface area contributed by atoms with Crippen LogP contribution in [0.5, 0.6) is 0 Å². The van der Waals surface area contributed by atoms with E-state index < -0.39 is 5.97 Å². The minimum Gasteiger partial charge on any atom is -0.481 e. The van der Waals surface area contributed by atoms with E-state index in [0.29, 0.717) is 0 Å². The molecule has 1 aliphatic rings. The number of rotatable bonds is 4. The number of carboxylic acids is 1. The molecule has 5 heteroatoms. The van der Waals surface area contributed by atoms with Gasteiger partial charge in [-0.15, -0.1) is 11.3 Å². The highest BCUT2D eigenvalue weighted by molar-refractivity contribution is 7.16. The fourth-order valence-corrected chi connectivity index (χ4v) is 3.80. The van der Waals surface area contributed by atoms with Gasteiger partial charge in [0.2, 0.25) is 0 Å². The average molecular weight is 288 g/mol. The van der Waals surface area contributed by atoms with Crippen LogP contribution in [0, 0.1) is 0 Å². The summed E-state index contributed by atoms with van der Waals surface area (Å²) in [7, 11) is 0. The van der Waals surface area contributed by atoms with Gasteiger partial charge in [-0.05, 0) is 38.4 Å². The van der Waals surface area contributed by atoms with E-state index in [0.717, 1.165) is 30.1 Å². The largest absolute Gasteiger partial charge is 0.481 e. The molecule has 0 spiro atoms. The molecule has 3 nitrogen and oxygen atoms in total. The molecule has 1 N–H and O–H groups in total. The number of nitrogens with zero attached hydrogens (tertiary/aromatic N) is 1. The summed E-state index contributed by atoms with van der Waals surface area (Å²) in [5, 5.41) is 8.99. The van der Waals surface area contributed by atoms with E-state index in [9.17, 15) is 4.79 Å². The number of carbonyl (C=O) groups is 1. The monoisotopic (exact) mass is 287 g/mol. The molecule has 2 rings (SSSR count). The maximum absolute atomic E-state index is 10.9. The van der Waals surface area contributed by atoms with Gasteiger partial charge in [-0.2, -0.15) is 0 Å². The Morgan fingerprint density at radius 3 is 3.00 bits per heavy atom. The van der Waals surface area contributed by atoms with Crippen LogP contribution in [0.15, 0.2) is 12.1 Å². The standard InChI is InChI=1S/C13H18ClNO2S/c1-9(11-5-6-12(14)18-11)15-7-3-2-4-10(15)8-13(16)17/h5-6,9-10H,2-4,7-8H2,1H3,(H,16,17). The van der Waals surface area contributed by atoms with Gasteiger partial charge in [0.15, 0.2) is 0 Å². The normalized spacial score (nSPS) is 22.9. The molecule has 1 aromatic rings. The zero-order valence-corrected chi connectivity index (χ0v) is 12.0. The zero-order valence-electron chi connectivity index (χ0n) is 10.4. The van der Waals surface area contributed by atoms with Crippen molar-refractivity contribution in [3.8, 4) is 0 Å². The van der Waals surface area contributed by atoms with Crippen LogP contribution in [-0.2, 0) is 4.79 Å². The Bertz CT molecular complexity index is 421. The minimum absolute atomic E-state index is 0.159. The van der Waals surface area contributed by atoms with Gasteiger partial charge in [-0.1, -0.05) is 18.0 Å². The van der Waals surface area contributed by atoms with E-state index in [4.69, 9.17) is 16.7 Å². The molecule has 100 valence electrons. The van der Waals surface area contributed by atoms with Gasteiger partial charge >= 0.3 is 5.97 Å². The van der Waals surface area contributed by atoms with Gasteiger partial charge in [-0.25, -0.2) is 0 Å². The quantitative estimate of drug-likeness (QED) is 0.916. The van der Waals surface area contributed by atoms with Crippen molar-refractivity contribution >= 4 is 28.9 Å². The Morgan fingerprint density at radius 1 is 1.61 bits per heavy atom. The van der Waals surface area contributed by atoms with Crippen LogP contribution in [-0.4, -0.2) is 28.6 Å². The summed E-state index contributed by atoms with van der Waals surface area (Å²) in [4.78, 5) is 14.5. The lowest BCUT2D eigenvalue weighted by Crippen LogP contribution is -2.42. The van der Waals surface area contributed by atoms with Crippen LogP contribution >= 0.6 is 22.9 Å². The van der Waals surface area contributed by atoms with Crippen molar-refractivity contribution in [2.24, 2.45) is 0 Å². The predicted octanol–water partition coefficient (Wildman–Crippen LogP) is 3.79. The first-order valence-corrected chi connectivity index (χ1v) is 7.50. The van der Waals surface area contributed by atoms with Crippen LogP contribution in [0.4, 0.5) is 0 Å². The molecule has 2 heterocycles. The summed E-state index contributed by atoms with van der Waals surface area (Å²) < 4.78 is 0.795. The van der Waals surface area contributed by atoms with Gasteiger partial charge in [-0.3, -0.25) is 9.69 Å². The molecule has 0 amide bonds. The number of hydrogen-bond donors (Lipinski definition) is 1. The van der Waals surface area contributed by atoms with Gasteiger partial charge in [0.1, 0.15) is 0 Å². The maximum Gasteiger partial charge on any atom is 0.304 e. The number of hydrogen-bond acceptors (Lipinski definition) is 3. The smallest absolute Gasteiger partial charge is 0.304 e. The molecule has 1 aromatic heterocycles. The van der Waals surface area contributed by atoms with Crippen LogP contribution in [0.1, 0.15) is 43.5 Å². The molecular weight excluding hydrogens is 270 g/mol. The third kappa shape index (κ3) is 3.25. The second kappa shape index (κ2) is 6.04. The zero-order chi connectivity index (χ0) is 13.1. The van der Waals surface area contributed by atoms with Crippen molar-refractivity contribution in [3.63, 3.8) is 0 Å². The Labute approximate surface area is 116 Å². The molecule has 0 aromatic carbocycles. The van der Waals surface area contributed by atoms with E-state index in [1.807, 2.05) is 12.1 Å². The Kier molecular flexibility index (Phi) is 4.65. The summed E-state index contributed by atoms with van der Waals surface area (Å²) in [5.74, 6) is -0.705. The highest BCUT2D eigenvalue weighted by atomic mass is 35.5. The van der Waals surface area contributed by atoms with Crippen molar-refractivity contribution in [2.75, 3.05) is 6.54 Å². The molecule has 1 fully saturated rings. The molecule has 0 saturated carbocycles. The minimum atomic E-state index is -0.705. The number of likely N-dealkylation sites (tertiary alicyclic amines) is 1. The lowest BCUT2D eigenvalue weighted by Gasteiger charge is -2.39. The van der Waals surface area contributed by atoms with E-state index in [1.54, 1.807) is 11.3 Å². The highest BCUT2D eigenvalue weighted by Crippen LogP contribution is 2.34. The molecule has 2 atom stereocenters. The van der Waals surface area contributed by atoms with E-state index in [2.05, 4.69) is 11.8 Å². The van der Waals surface area contributed by atoms with Gasteiger partial charge < -0.3 is 5.11 Å². The number of halogens is 1. The maximum atomic E-state index is 10.9. The Balaban J connectivity index is 2.10. The summed E-state index contributed by atoms with van der Waals surface area (Å²) in [5.41, 5.74) is 0. The van der Waals surface area contributed by atoms with Crippen molar-refractivity contribution in [1.82, 2.24) is 4.90 Å². The summed E-state index contributed by atoms with van der Waals surface area (Å²) >= 11 is 7.56. The van der Waals surface area contributed by atoms with E-state index in [-0.39, 0.29) is 18.5 Å². The first kappa shape index (κ1) is 13.8. The topological polar surface area (TPSA) is 40.5 Å². The molecule has 0 bridgehead atoms. The van der Waals surface area contributed by atoms with Crippen LogP contribution in [0.2, 0.25) is 4.34 Å². The van der Waals surface area contributed by atoms with Crippen molar-refractivity contribution in [1.29, 1.82) is 0 Å². The third-order valence-electron chi connectivity index (χ3n) is 3.59. The first-order chi connectivity index (χ1) is 8.58. The first-order valence-electron chi connectivity index (χ1n) is 6.30.